The Bertz CT molecular complexity index is 357. The molecule has 1 rings (SSSR count). The maximum absolute atomic E-state index is 11.6. The van der Waals surface area contributed by atoms with Crippen molar-refractivity contribution in [1.29, 1.82) is 0 Å². The Balaban J connectivity index is 2.89. The highest BCUT2D eigenvalue weighted by Gasteiger charge is 2.45. The van der Waals surface area contributed by atoms with Gasteiger partial charge in [-0.05, 0) is 19.1 Å². The van der Waals surface area contributed by atoms with Crippen LogP contribution in [-0.4, -0.2) is 30.9 Å². The van der Waals surface area contributed by atoms with Crippen molar-refractivity contribution >= 4 is 17.7 Å². The van der Waals surface area contributed by atoms with E-state index in [0.29, 0.717) is 0 Å². The Labute approximate surface area is 93.4 Å². The standard InChI is InChI=1S/C11H14O5/c1-7(12)16-8-4-5-9(13)11(2,6-8)10(14)15-3/h4-5,8H,6H2,1-3H3/t8-,11-/m0/s1. The molecule has 0 spiro atoms. The summed E-state index contributed by atoms with van der Waals surface area (Å²) in [6, 6.07) is 0. The quantitative estimate of drug-likeness (QED) is 0.510. The summed E-state index contributed by atoms with van der Waals surface area (Å²) in [5.41, 5.74) is -1.26. The number of hydrogen-bond donors (Lipinski definition) is 0. The molecule has 0 aromatic carbocycles. The predicted molar refractivity (Wildman–Crippen MR) is 54.4 cm³/mol. The third-order valence-electron chi connectivity index (χ3n) is 2.57. The maximum atomic E-state index is 11.6. The van der Waals surface area contributed by atoms with E-state index >= 15 is 0 Å². The molecule has 0 aromatic rings. The van der Waals surface area contributed by atoms with Crippen LogP contribution in [0.3, 0.4) is 0 Å². The fraction of sp³-hybridized carbons (Fsp3) is 0.545. The molecule has 0 bridgehead atoms. The summed E-state index contributed by atoms with van der Waals surface area (Å²) in [5.74, 6) is -1.39. The van der Waals surface area contributed by atoms with Crippen LogP contribution in [0, 0.1) is 5.41 Å². The average Bonchev–Trinajstić information content (AvgIpc) is 2.21. The first-order valence-corrected chi connectivity index (χ1v) is 4.88. The first-order valence-electron chi connectivity index (χ1n) is 4.88. The molecule has 0 aliphatic heterocycles. The summed E-state index contributed by atoms with van der Waals surface area (Å²) < 4.78 is 9.53. The molecule has 16 heavy (non-hydrogen) atoms. The number of hydrogen-bond acceptors (Lipinski definition) is 5. The average molecular weight is 226 g/mol. The molecule has 0 heterocycles. The smallest absolute Gasteiger partial charge is 0.319 e. The van der Waals surface area contributed by atoms with E-state index in [1.807, 2.05) is 0 Å². The summed E-state index contributed by atoms with van der Waals surface area (Å²) in [5, 5.41) is 0. The molecule has 0 saturated carbocycles. The van der Waals surface area contributed by atoms with E-state index in [1.54, 1.807) is 0 Å². The van der Waals surface area contributed by atoms with E-state index < -0.39 is 23.5 Å². The van der Waals surface area contributed by atoms with Gasteiger partial charge in [-0.15, -0.1) is 0 Å². The van der Waals surface area contributed by atoms with Crippen molar-refractivity contribution in [2.45, 2.75) is 26.4 Å². The SMILES string of the molecule is COC(=O)[C@@]1(C)C[C@@H](OC(C)=O)C=CC1=O. The molecule has 5 nitrogen and oxygen atoms in total. The van der Waals surface area contributed by atoms with Crippen LogP contribution in [0.4, 0.5) is 0 Å². The Morgan fingerprint density at radius 1 is 1.50 bits per heavy atom. The molecular weight excluding hydrogens is 212 g/mol. The van der Waals surface area contributed by atoms with Gasteiger partial charge in [0.25, 0.3) is 0 Å². The molecule has 0 saturated heterocycles. The van der Waals surface area contributed by atoms with Crippen molar-refractivity contribution in [3.63, 3.8) is 0 Å². The fourth-order valence-electron chi connectivity index (χ4n) is 1.65. The summed E-state index contributed by atoms with van der Waals surface area (Å²) in [6.07, 6.45) is 2.30. The van der Waals surface area contributed by atoms with Crippen LogP contribution in [0.2, 0.25) is 0 Å². The third-order valence-corrected chi connectivity index (χ3v) is 2.57. The fourth-order valence-corrected chi connectivity index (χ4v) is 1.65. The van der Waals surface area contributed by atoms with Gasteiger partial charge >= 0.3 is 11.9 Å². The molecule has 1 aliphatic rings. The van der Waals surface area contributed by atoms with Crippen molar-refractivity contribution in [2.75, 3.05) is 7.11 Å². The van der Waals surface area contributed by atoms with Crippen LogP contribution in [-0.2, 0) is 23.9 Å². The number of allylic oxidation sites excluding steroid dienone is 1. The van der Waals surface area contributed by atoms with Gasteiger partial charge in [-0.2, -0.15) is 0 Å². The van der Waals surface area contributed by atoms with Gasteiger partial charge in [-0.25, -0.2) is 0 Å². The van der Waals surface area contributed by atoms with Crippen LogP contribution in [0.1, 0.15) is 20.3 Å². The van der Waals surface area contributed by atoms with Gasteiger partial charge in [-0.1, -0.05) is 0 Å². The van der Waals surface area contributed by atoms with Crippen LogP contribution in [0.25, 0.3) is 0 Å². The van der Waals surface area contributed by atoms with E-state index in [4.69, 9.17) is 4.74 Å². The van der Waals surface area contributed by atoms with Crippen LogP contribution in [0.15, 0.2) is 12.2 Å². The second kappa shape index (κ2) is 4.47. The van der Waals surface area contributed by atoms with Crippen LogP contribution in [0.5, 0.6) is 0 Å². The number of rotatable bonds is 2. The second-order valence-corrected chi connectivity index (χ2v) is 3.90. The molecule has 88 valence electrons. The zero-order chi connectivity index (χ0) is 12.3. The lowest BCUT2D eigenvalue weighted by molar-refractivity contribution is -0.161. The molecule has 1 aliphatic carbocycles. The number of ketones is 1. The molecule has 0 radical (unpaired) electrons. The van der Waals surface area contributed by atoms with E-state index in [-0.39, 0.29) is 12.2 Å². The Kier molecular flexibility index (Phi) is 3.47. The monoisotopic (exact) mass is 226 g/mol. The van der Waals surface area contributed by atoms with Gasteiger partial charge in [0.05, 0.1) is 7.11 Å². The topological polar surface area (TPSA) is 69.7 Å². The predicted octanol–water partition coefficient (Wildman–Crippen LogP) is 0.626. The zero-order valence-corrected chi connectivity index (χ0v) is 9.48. The number of carbonyl (C=O) groups is 3. The molecule has 2 atom stereocenters. The van der Waals surface area contributed by atoms with Crippen molar-refractivity contribution in [1.82, 2.24) is 0 Å². The summed E-state index contributed by atoms with van der Waals surface area (Å²) in [6.45, 7) is 2.76. The molecule has 0 amide bonds. The van der Waals surface area contributed by atoms with Gasteiger partial charge < -0.3 is 9.47 Å². The number of methoxy groups -OCH3 is 1. The molecule has 0 aromatic heterocycles. The first-order chi connectivity index (χ1) is 7.40. The Morgan fingerprint density at radius 2 is 2.12 bits per heavy atom. The first kappa shape index (κ1) is 12.4. The van der Waals surface area contributed by atoms with Crippen molar-refractivity contribution in [3.8, 4) is 0 Å². The minimum atomic E-state index is -1.26. The maximum Gasteiger partial charge on any atom is 0.319 e. The van der Waals surface area contributed by atoms with E-state index in [1.165, 1.54) is 33.1 Å². The van der Waals surface area contributed by atoms with Crippen LogP contribution < -0.4 is 0 Å². The van der Waals surface area contributed by atoms with Crippen molar-refractivity contribution in [3.05, 3.63) is 12.2 Å². The Hall–Kier alpha value is -1.65. The lowest BCUT2D eigenvalue weighted by atomic mass is 9.76. The van der Waals surface area contributed by atoms with Gasteiger partial charge in [-0.3, -0.25) is 14.4 Å². The zero-order valence-electron chi connectivity index (χ0n) is 9.48. The highest BCUT2D eigenvalue weighted by atomic mass is 16.5. The number of ether oxygens (including phenoxy) is 2. The number of carbonyl (C=O) groups excluding carboxylic acids is 3. The van der Waals surface area contributed by atoms with Crippen molar-refractivity contribution < 1.29 is 23.9 Å². The van der Waals surface area contributed by atoms with Gasteiger partial charge in [0, 0.05) is 13.3 Å². The highest BCUT2D eigenvalue weighted by molar-refractivity contribution is 6.09. The van der Waals surface area contributed by atoms with E-state index in [9.17, 15) is 14.4 Å². The van der Waals surface area contributed by atoms with E-state index in [0.717, 1.165) is 0 Å². The van der Waals surface area contributed by atoms with Gasteiger partial charge in [0.1, 0.15) is 11.5 Å². The molecule has 0 fully saturated rings. The lowest BCUT2D eigenvalue weighted by Crippen LogP contribution is -2.42. The lowest BCUT2D eigenvalue weighted by Gasteiger charge is -2.30. The minimum absolute atomic E-state index is 0.120. The second-order valence-electron chi connectivity index (χ2n) is 3.90. The van der Waals surface area contributed by atoms with Gasteiger partial charge in [0.15, 0.2) is 5.78 Å². The van der Waals surface area contributed by atoms with Crippen molar-refractivity contribution in [2.24, 2.45) is 5.41 Å². The van der Waals surface area contributed by atoms with Gasteiger partial charge in [0.2, 0.25) is 0 Å². The van der Waals surface area contributed by atoms with E-state index in [2.05, 4.69) is 4.74 Å². The molecule has 5 heteroatoms. The molecule has 0 N–H and O–H groups in total. The largest absolute Gasteiger partial charge is 0.468 e. The highest BCUT2D eigenvalue weighted by Crippen LogP contribution is 2.32. The molecular formula is C11H14O5. The third kappa shape index (κ3) is 2.29. The summed E-state index contributed by atoms with van der Waals surface area (Å²) in [4.78, 5) is 33.9. The minimum Gasteiger partial charge on any atom is -0.468 e. The Morgan fingerprint density at radius 3 is 2.62 bits per heavy atom. The van der Waals surface area contributed by atoms with Crippen LogP contribution >= 0.6 is 0 Å². The molecule has 0 unspecified atom stereocenters. The number of esters is 2. The normalized spacial score (nSPS) is 28.7. The summed E-state index contributed by atoms with van der Waals surface area (Å²) >= 11 is 0. The summed E-state index contributed by atoms with van der Waals surface area (Å²) in [7, 11) is 1.22.